The first kappa shape index (κ1) is 17.4. The fourth-order valence-electron chi connectivity index (χ4n) is 3.61. The van der Waals surface area contributed by atoms with Gasteiger partial charge in [-0.05, 0) is 29.9 Å². The van der Waals surface area contributed by atoms with E-state index in [1.165, 1.54) is 5.56 Å². The quantitative estimate of drug-likeness (QED) is 0.832. The van der Waals surface area contributed by atoms with Crippen molar-refractivity contribution in [3.05, 3.63) is 35.4 Å². The highest BCUT2D eigenvalue weighted by molar-refractivity contribution is 5.76. The maximum Gasteiger partial charge on any atom is 0.220 e. The highest BCUT2D eigenvalue weighted by Crippen LogP contribution is 2.26. The van der Waals surface area contributed by atoms with Gasteiger partial charge >= 0.3 is 0 Å². The third kappa shape index (κ3) is 5.03. The molecule has 1 aromatic rings. The largest absolute Gasteiger partial charge is 0.379 e. The fraction of sp³-hybridized carbons (Fsp3) is 0.632. The predicted octanol–water partition coefficient (Wildman–Crippen LogP) is 1.65. The van der Waals surface area contributed by atoms with Crippen LogP contribution in [0, 0.1) is 5.92 Å². The maximum absolute atomic E-state index is 12.1. The van der Waals surface area contributed by atoms with Gasteiger partial charge in [-0.15, -0.1) is 0 Å². The summed E-state index contributed by atoms with van der Waals surface area (Å²) in [5.41, 5.74) is 8.49. The molecule has 1 heterocycles. The number of nitrogens with zero attached hydrogens (tertiary/aromatic N) is 1. The van der Waals surface area contributed by atoms with Crippen LogP contribution < -0.4 is 11.1 Å². The molecule has 1 aliphatic carbocycles. The Bertz CT molecular complexity index is 526. The van der Waals surface area contributed by atoms with E-state index in [4.69, 9.17) is 10.5 Å². The standard InChI is InChI=1S/C19H29N3O2/c20-18-3-1-2-17(18)12-19(23)21-13-15-4-6-16(7-5-15)14-22-8-10-24-11-9-22/h4-7,17-18H,1-3,8-14,20H2,(H,21,23)/t17-,18+/m0/s1. The number of hydrogen-bond acceptors (Lipinski definition) is 4. The first-order valence-corrected chi connectivity index (χ1v) is 9.11. The molecule has 1 aliphatic heterocycles. The number of carbonyl (C=O) groups is 1. The van der Waals surface area contributed by atoms with Crippen LogP contribution in [0.4, 0.5) is 0 Å². The number of morpholine rings is 1. The number of nitrogens with two attached hydrogens (primary N) is 1. The monoisotopic (exact) mass is 331 g/mol. The summed E-state index contributed by atoms with van der Waals surface area (Å²) in [4.78, 5) is 14.5. The van der Waals surface area contributed by atoms with Gasteiger partial charge in [0.1, 0.15) is 0 Å². The molecule has 1 saturated heterocycles. The lowest BCUT2D eigenvalue weighted by molar-refractivity contribution is -0.122. The first-order chi connectivity index (χ1) is 11.7. The fourth-order valence-corrected chi connectivity index (χ4v) is 3.61. The van der Waals surface area contributed by atoms with Gasteiger partial charge in [0.25, 0.3) is 0 Å². The Balaban J connectivity index is 1.41. The van der Waals surface area contributed by atoms with Crippen LogP contribution >= 0.6 is 0 Å². The molecule has 0 unspecified atom stereocenters. The lowest BCUT2D eigenvalue weighted by Crippen LogP contribution is -2.35. The SMILES string of the molecule is N[C@@H]1CCC[C@H]1CC(=O)NCc1ccc(CN2CCOCC2)cc1. The van der Waals surface area contributed by atoms with E-state index >= 15 is 0 Å². The Kier molecular flexibility index (Phi) is 6.24. The Morgan fingerprint density at radius 3 is 2.54 bits per heavy atom. The summed E-state index contributed by atoms with van der Waals surface area (Å²) in [5.74, 6) is 0.482. The molecule has 24 heavy (non-hydrogen) atoms. The van der Waals surface area contributed by atoms with Gasteiger partial charge in [0.15, 0.2) is 0 Å². The molecule has 0 bridgehead atoms. The van der Waals surface area contributed by atoms with E-state index in [9.17, 15) is 4.79 Å². The number of ether oxygens (including phenoxy) is 1. The number of hydrogen-bond donors (Lipinski definition) is 2. The van der Waals surface area contributed by atoms with Gasteiger partial charge in [-0.3, -0.25) is 9.69 Å². The minimum absolute atomic E-state index is 0.120. The summed E-state index contributed by atoms with van der Waals surface area (Å²) in [5, 5.41) is 3.03. The molecule has 132 valence electrons. The molecule has 2 atom stereocenters. The van der Waals surface area contributed by atoms with Crippen LogP contribution in [0.25, 0.3) is 0 Å². The van der Waals surface area contributed by atoms with Crippen molar-refractivity contribution >= 4 is 5.91 Å². The van der Waals surface area contributed by atoms with Crippen molar-refractivity contribution in [3.63, 3.8) is 0 Å². The lowest BCUT2D eigenvalue weighted by atomic mass is 10.00. The minimum Gasteiger partial charge on any atom is -0.379 e. The van der Waals surface area contributed by atoms with Gasteiger partial charge in [0.05, 0.1) is 13.2 Å². The third-order valence-corrected chi connectivity index (χ3v) is 5.19. The zero-order chi connectivity index (χ0) is 16.8. The predicted molar refractivity (Wildman–Crippen MR) is 94.3 cm³/mol. The van der Waals surface area contributed by atoms with Crippen molar-refractivity contribution in [3.8, 4) is 0 Å². The highest BCUT2D eigenvalue weighted by atomic mass is 16.5. The summed E-state index contributed by atoms with van der Waals surface area (Å²) in [6.45, 7) is 5.22. The van der Waals surface area contributed by atoms with Crippen LogP contribution in [-0.4, -0.2) is 43.2 Å². The van der Waals surface area contributed by atoms with Crippen LogP contribution in [0.5, 0.6) is 0 Å². The summed E-state index contributed by atoms with van der Waals surface area (Å²) in [6, 6.07) is 8.73. The molecule has 2 aliphatic rings. The number of amides is 1. The van der Waals surface area contributed by atoms with E-state index in [0.717, 1.165) is 57.7 Å². The molecule has 3 rings (SSSR count). The molecule has 2 fully saturated rings. The van der Waals surface area contributed by atoms with Gasteiger partial charge in [-0.1, -0.05) is 30.7 Å². The van der Waals surface area contributed by atoms with Gasteiger partial charge in [0, 0.05) is 38.6 Å². The summed E-state index contributed by atoms with van der Waals surface area (Å²) < 4.78 is 5.38. The average molecular weight is 331 g/mol. The van der Waals surface area contributed by atoms with Crippen molar-refractivity contribution in [1.29, 1.82) is 0 Å². The molecule has 0 spiro atoms. The topological polar surface area (TPSA) is 67.6 Å². The van der Waals surface area contributed by atoms with Crippen molar-refractivity contribution in [2.24, 2.45) is 11.7 Å². The number of carbonyl (C=O) groups excluding carboxylic acids is 1. The van der Waals surface area contributed by atoms with Crippen molar-refractivity contribution in [1.82, 2.24) is 10.2 Å². The molecule has 1 amide bonds. The number of nitrogens with one attached hydrogen (secondary N) is 1. The van der Waals surface area contributed by atoms with E-state index < -0.39 is 0 Å². The Labute approximate surface area is 144 Å². The highest BCUT2D eigenvalue weighted by Gasteiger charge is 2.25. The normalized spacial score (nSPS) is 24.9. The molecular formula is C19H29N3O2. The van der Waals surface area contributed by atoms with E-state index in [2.05, 4.69) is 34.5 Å². The zero-order valence-corrected chi connectivity index (χ0v) is 14.4. The van der Waals surface area contributed by atoms with E-state index in [1.807, 2.05) is 0 Å². The second kappa shape index (κ2) is 8.60. The van der Waals surface area contributed by atoms with Gasteiger partial charge < -0.3 is 15.8 Å². The van der Waals surface area contributed by atoms with E-state index in [0.29, 0.717) is 18.9 Å². The molecule has 0 radical (unpaired) electrons. The average Bonchev–Trinajstić information content (AvgIpc) is 3.00. The van der Waals surface area contributed by atoms with Gasteiger partial charge in [-0.2, -0.15) is 0 Å². The maximum atomic E-state index is 12.1. The molecule has 0 aromatic heterocycles. The minimum atomic E-state index is 0.120. The van der Waals surface area contributed by atoms with E-state index in [-0.39, 0.29) is 11.9 Å². The molecule has 1 aromatic carbocycles. The van der Waals surface area contributed by atoms with Crippen LogP contribution in [0.1, 0.15) is 36.8 Å². The molecule has 3 N–H and O–H groups in total. The van der Waals surface area contributed by atoms with Gasteiger partial charge in [-0.25, -0.2) is 0 Å². The van der Waals surface area contributed by atoms with Crippen LogP contribution in [0.15, 0.2) is 24.3 Å². The third-order valence-electron chi connectivity index (χ3n) is 5.19. The molecule has 1 saturated carbocycles. The van der Waals surface area contributed by atoms with Crippen LogP contribution in [0.3, 0.4) is 0 Å². The van der Waals surface area contributed by atoms with Crippen molar-refractivity contribution < 1.29 is 9.53 Å². The smallest absolute Gasteiger partial charge is 0.220 e. The molecular weight excluding hydrogens is 302 g/mol. The van der Waals surface area contributed by atoms with Crippen molar-refractivity contribution in [2.45, 2.75) is 44.8 Å². The Hall–Kier alpha value is -1.43. The zero-order valence-electron chi connectivity index (χ0n) is 14.4. The van der Waals surface area contributed by atoms with Gasteiger partial charge in [0.2, 0.25) is 5.91 Å². The number of rotatable bonds is 6. The van der Waals surface area contributed by atoms with Crippen LogP contribution in [0.2, 0.25) is 0 Å². The lowest BCUT2D eigenvalue weighted by Gasteiger charge is -2.26. The second-order valence-corrected chi connectivity index (χ2v) is 7.04. The first-order valence-electron chi connectivity index (χ1n) is 9.11. The van der Waals surface area contributed by atoms with E-state index in [1.54, 1.807) is 0 Å². The van der Waals surface area contributed by atoms with Crippen molar-refractivity contribution in [2.75, 3.05) is 26.3 Å². The molecule has 5 nitrogen and oxygen atoms in total. The summed E-state index contributed by atoms with van der Waals surface area (Å²) in [6.07, 6.45) is 3.87. The second-order valence-electron chi connectivity index (χ2n) is 7.04. The molecule has 5 heteroatoms. The Morgan fingerprint density at radius 1 is 1.17 bits per heavy atom. The van der Waals surface area contributed by atoms with Crippen LogP contribution in [-0.2, 0) is 22.6 Å². The summed E-state index contributed by atoms with van der Waals surface area (Å²) >= 11 is 0. The number of benzene rings is 1. The summed E-state index contributed by atoms with van der Waals surface area (Å²) in [7, 11) is 0. The Morgan fingerprint density at radius 2 is 1.88 bits per heavy atom.